The number of pyridine rings is 1. The second-order valence-corrected chi connectivity index (χ2v) is 13.2. The zero-order valence-electron chi connectivity index (χ0n) is 23.4. The van der Waals surface area contributed by atoms with Crippen LogP contribution in [0.25, 0.3) is 5.57 Å². The van der Waals surface area contributed by atoms with Gasteiger partial charge < -0.3 is 9.64 Å². The van der Waals surface area contributed by atoms with Crippen molar-refractivity contribution in [2.45, 2.75) is 83.9 Å². The maximum Gasteiger partial charge on any atom is 0.471 e. The third kappa shape index (κ3) is 4.59. The summed E-state index contributed by atoms with van der Waals surface area (Å²) in [5, 5.41) is 0. The molecule has 0 aromatic carbocycles. The number of ether oxygens (including phenoxy) is 1. The molecule has 0 spiro atoms. The molecular weight excluding hydrogens is 517 g/mol. The first-order valence-corrected chi connectivity index (χ1v) is 14.9. The summed E-state index contributed by atoms with van der Waals surface area (Å²) in [6.45, 7) is 4.76. The van der Waals surface area contributed by atoms with Crippen molar-refractivity contribution < 1.29 is 27.5 Å². The van der Waals surface area contributed by atoms with Gasteiger partial charge in [-0.25, -0.2) is 0 Å². The lowest BCUT2D eigenvalue weighted by atomic mass is 9.47. The number of fused-ring (bicyclic) bond motifs is 5. The molecule has 1 aliphatic heterocycles. The van der Waals surface area contributed by atoms with Crippen molar-refractivity contribution in [3.63, 3.8) is 0 Å². The number of amides is 1. The lowest BCUT2D eigenvalue weighted by Crippen LogP contribution is -2.50. The molecule has 0 bridgehead atoms. The van der Waals surface area contributed by atoms with Gasteiger partial charge in [0.25, 0.3) is 0 Å². The van der Waals surface area contributed by atoms with Crippen molar-refractivity contribution in [2.24, 2.45) is 34.5 Å². The monoisotopic (exact) mass is 556 g/mol. The third-order valence-electron chi connectivity index (χ3n) is 11.3. The van der Waals surface area contributed by atoms with Crippen LogP contribution in [0.2, 0.25) is 0 Å². The average molecular weight is 557 g/mol. The highest BCUT2D eigenvalue weighted by Gasteiger charge is 2.57. The number of rotatable bonds is 3. The van der Waals surface area contributed by atoms with E-state index < -0.39 is 18.0 Å². The fraction of sp³-hybridized carbons (Fsp3) is 0.656. The molecule has 5 nitrogen and oxygen atoms in total. The molecular formula is C32H39F3N2O3. The van der Waals surface area contributed by atoms with Crippen LogP contribution in [0.3, 0.4) is 0 Å². The fourth-order valence-corrected chi connectivity index (χ4v) is 9.02. The van der Waals surface area contributed by atoms with Gasteiger partial charge in [-0.3, -0.25) is 14.6 Å². The van der Waals surface area contributed by atoms with E-state index >= 15 is 0 Å². The van der Waals surface area contributed by atoms with Crippen molar-refractivity contribution in [3.8, 4) is 0 Å². The molecule has 0 radical (unpaired) electrons. The van der Waals surface area contributed by atoms with E-state index in [9.17, 15) is 22.8 Å². The SMILES string of the molecule is C[C@]12CC[C@H](OC(=O)C3CCN(C(=O)C(F)(F)F)CC3)CC1=CC[C@@H]1[C@@H]2CC[C@]2(C)C(c3cccnc3)=CC[C@@H]12. The van der Waals surface area contributed by atoms with Crippen LogP contribution in [0.4, 0.5) is 13.2 Å². The van der Waals surface area contributed by atoms with Gasteiger partial charge in [-0.05, 0) is 97.2 Å². The number of aromatic nitrogens is 1. The predicted molar refractivity (Wildman–Crippen MR) is 145 cm³/mol. The number of piperidine rings is 1. The van der Waals surface area contributed by atoms with E-state index in [0.29, 0.717) is 17.8 Å². The van der Waals surface area contributed by atoms with Gasteiger partial charge in [0.05, 0.1) is 5.92 Å². The van der Waals surface area contributed by atoms with E-state index in [1.54, 1.807) is 0 Å². The number of alkyl halides is 3. The quantitative estimate of drug-likeness (QED) is 0.305. The van der Waals surface area contributed by atoms with Crippen LogP contribution in [-0.4, -0.2) is 47.1 Å². The molecule has 216 valence electrons. The van der Waals surface area contributed by atoms with Crippen LogP contribution in [0.1, 0.15) is 77.2 Å². The van der Waals surface area contributed by atoms with Gasteiger partial charge in [0.2, 0.25) is 0 Å². The summed E-state index contributed by atoms with van der Waals surface area (Å²) < 4.78 is 44.2. The number of likely N-dealkylation sites (tertiary alicyclic amines) is 1. The van der Waals surface area contributed by atoms with Crippen molar-refractivity contribution in [2.75, 3.05) is 13.1 Å². The minimum Gasteiger partial charge on any atom is -0.462 e. The second-order valence-electron chi connectivity index (χ2n) is 13.2. The van der Waals surface area contributed by atoms with Crippen molar-refractivity contribution >= 4 is 17.4 Å². The van der Waals surface area contributed by atoms with Crippen molar-refractivity contribution in [1.29, 1.82) is 0 Å². The Labute approximate surface area is 234 Å². The largest absolute Gasteiger partial charge is 0.471 e. The molecule has 5 aliphatic rings. The second kappa shape index (κ2) is 10.0. The summed E-state index contributed by atoms with van der Waals surface area (Å²) in [7, 11) is 0. The van der Waals surface area contributed by atoms with E-state index in [2.05, 4.69) is 37.0 Å². The van der Waals surface area contributed by atoms with Gasteiger partial charge in [0.15, 0.2) is 0 Å². The summed E-state index contributed by atoms with van der Waals surface area (Å²) >= 11 is 0. The number of nitrogens with zero attached hydrogens (tertiary/aromatic N) is 2. The number of hydrogen-bond acceptors (Lipinski definition) is 4. The van der Waals surface area contributed by atoms with Crippen molar-refractivity contribution in [1.82, 2.24) is 9.88 Å². The molecule has 1 aromatic rings. The average Bonchev–Trinajstić information content (AvgIpc) is 3.30. The summed E-state index contributed by atoms with van der Waals surface area (Å²) in [5.74, 6) is -0.702. The number of esters is 1. The van der Waals surface area contributed by atoms with Crippen LogP contribution < -0.4 is 0 Å². The molecule has 6 atom stereocenters. The predicted octanol–water partition coefficient (Wildman–Crippen LogP) is 6.75. The van der Waals surface area contributed by atoms with E-state index in [4.69, 9.17) is 4.74 Å². The third-order valence-corrected chi connectivity index (χ3v) is 11.3. The number of halogens is 3. The molecule has 1 aromatic heterocycles. The molecule has 4 aliphatic carbocycles. The Balaban J connectivity index is 1.08. The van der Waals surface area contributed by atoms with Gasteiger partial charge in [0.1, 0.15) is 6.10 Å². The van der Waals surface area contributed by atoms with Gasteiger partial charge in [-0.2, -0.15) is 13.2 Å². The summed E-state index contributed by atoms with van der Waals surface area (Å²) in [6.07, 6.45) is 11.2. The van der Waals surface area contributed by atoms with Crippen LogP contribution in [0, 0.1) is 34.5 Å². The Morgan fingerprint density at radius 2 is 1.75 bits per heavy atom. The molecule has 0 unspecified atom stereocenters. The van der Waals surface area contributed by atoms with E-state index in [0.717, 1.165) is 37.0 Å². The molecule has 6 rings (SSSR count). The number of allylic oxidation sites excluding steroid dienone is 3. The van der Waals surface area contributed by atoms with Gasteiger partial charge in [-0.15, -0.1) is 0 Å². The minimum absolute atomic E-state index is 0.0630. The first-order valence-electron chi connectivity index (χ1n) is 14.9. The number of carbonyl (C=O) groups is 2. The Kier molecular flexibility index (Phi) is 6.89. The first kappa shape index (κ1) is 27.5. The molecule has 2 saturated carbocycles. The summed E-state index contributed by atoms with van der Waals surface area (Å²) in [6, 6.07) is 4.21. The summed E-state index contributed by atoms with van der Waals surface area (Å²) in [4.78, 5) is 29.6. The molecule has 0 N–H and O–H groups in total. The Bertz CT molecular complexity index is 1220. The lowest BCUT2D eigenvalue weighted by Gasteiger charge is -2.58. The highest BCUT2D eigenvalue weighted by molar-refractivity contribution is 5.82. The van der Waals surface area contributed by atoms with E-state index in [-0.39, 0.29) is 48.8 Å². The van der Waals surface area contributed by atoms with Gasteiger partial charge in [0, 0.05) is 31.9 Å². The normalized spacial score (nSPS) is 36.1. The van der Waals surface area contributed by atoms with Crippen LogP contribution in [0.5, 0.6) is 0 Å². The smallest absolute Gasteiger partial charge is 0.462 e. The Hall–Kier alpha value is -2.64. The maximum atomic E-state index is 12.9. The maximum absolute atomic E-state index is 12.9. The van der Waals surface area contributed by atoms with Gasteiger partial charge in [-0.1, -0.05) is 37.6 Å². The molecule has 3 fully saturated rings. The molecule has 2 heterocycles. The van der Waals surface area contributed by atoms with Crippen LogP contribution in [0.15, 0.2) is 42.3 Å². The van der Waals surface area contributed by atoms with Crippen LogP contribution in [-0.2, 0) is 14.3 Å². The van der Waals surface area contributed by atoms with Crippen LogP contribution >= 0.6 is 0 Å². The molecule has 1 saturated heterocycles. The topological polar surface area (TPSA) is 59.5 Å². The number of carbonyl (C=O) groups excluding carboxylic acids is 2. The Morgan fingerprint density at radius 1 is 1.00 bits per heavy atom. The van der Waals surface area contributed by atoms with E-state index in [1.165, 1.54) is 29.6 Å². The molecule has 8 heteroatoms. The first-order chi connectivity index (χ1) is 19.0. The zero-order valence-corrected chi connectivity index (χ0v) is 23.4. The Morgan fingerprint density at radius 3 is 2.45 bits per heavy atom. The van der Waals surface area contributed by atoms with E-state index in [1.807, 2.05) is 18.5 Å². The molecule has 40 heavy (non-hydrogen) atoms. The van der Waals surface area contributed by atoms with Gasteiger partial charge >= 0.3 is 18.1 Å². The highest BCUT2D eigenvalue weighted by Crippen LogP contribution is 2.66. The number of hydrogen-bond donors (Lipinski definition) is 0. The summed E-state index contributed by atoms with van der Waals surface area (Å²) in [5.41, 5.74) is 4.44. The highest BCUT2D eigenvalue weighted by atomic mass is 19.4. The molecule has 1 amide bonds. The van der Waals surface area contributed by atoms with Crippen molar-refractivity contribution in [3.05, 3.63) is 47.8 Å². The zero-order chi connectivity index (χ0) is 28.3. The fourth-order valence-electron chi connectivity index (χ4n) is 9.02. The standard InChI is InChI=1S/C32H39F3N2O3/c1-30-13-9-23(40-28(38)20-11-16-37(17-12-20)29(39)32(33,34)35)18-22(30)5-6-24-26-8-7-25(21-4-3-15-36-19-21)31(26,2)14-10-27(24)30/h3-5,7,15,19-20,23-24,26-27H,6,8-14,16-18H2,1-2H3/t23-,24-,26-,27-,30-,31+/m0/s1. The lowest BCUT2D eigenvalue weighted by molar-refractivity contribution is -0.187. The minimum atomic E-state index is -4.87.